The first-order valence-electron chi connectivity index (χ1n) is 8.80. The largest absolute Gasteiger partial charge is 0.497 e. The van der Waals surface area contributed by atoms with Crippen molar-refractivity contribution in [2.45, 2.75) is 13.1 Å². The maximum Gasteiger partial charge on any atom is 0.332 e. The Balaban J connectivity index is 2.26. The molecule has 0 aliphatic rings. The summed E-state index contributed by atoms with van der Waals surface area (Å²) in [6, 6.07) is 7.47. The Bertz CT molecular complexity index is 1130. The highest BCUT2D eigenvalue weighted by Crippen LogP contribution is 2.20. The van der Waals surface area contributed by atoms with Crippen molar-refractivity contribution in [3.63, 3.8) is 0 Å². The van der Waals surface area contributed by atoms with Crippen molar-refractivity contribution in [3.05, 3.63) is 63.3 Å². The number of hydrogen-bond donors (Lipinski definition) is 2. The monoisotopic (exact) mass is 385 g/mol. The lowest BCUT2D eigenvalue weighted by Crippen LogP contribution is -2.39. The molecule has 9 heteroatoms. The average molecular weight is 385 g/mol. The van der Waals surface area contributed by atoms with Crippen molar-refractivity contribution < 1.29 is 9.84 Å². The summed E-state index contributed by atoms with van der Waals surface area (Å²) in [6.45, 7) is 4.22. The van der Waals surface area contributed by atoms with E-state index in [1.165, 1.54) is 10.6 Å². The van der Waals surface area contributed by atoms with E-state index >= 15 is 0 Å². The zero-order valence-corrected chi connectivity index (χ0v) is 15.9. The number of nitrogens with zero attached hydrogens (tertiary/aromatic N) is 4. The van der Waals surface area contributed by atoms with Gasteiger partial charge in [-0.3, -0.25) is 18.5 Å². The molecule has 2 aromatic heterocycles. The Morgan fingerprint density at radius 2 is 2.11 bits per heavy atom. The van der Waals surface area contributed by atoms with E-state index < -0.39 is 11.2 Å². The fourth-order valence-corrected chi connectivity index (χ4v) is 3.07. The van der Waals surface area contributed by atoms with Gasteiger partial charge in [-0.2, -0.15) is 4.98 Å². The quantitative estimate of drug-likeness (QED) is 0.549. The number of aromatic nitrogens is 4. The van der Waals surface area contributed by atoms with Crippen molar-refractivity contribution in [2.24, 2.45) is 7.05 Å². The van der Waals surface area contributed by atoms with Gasteiger partial charge in [0.1, 0.15) is 5.75 Å². The van der Waals surface area contributed by atoms with Crippen LogP contribution >= 0.6 is 0 Å². The summed E-state index contributed by atoms with van der Waals surface area (Å²) >= 11 is 0. The molecular weight excluding hydrogens is 362 g/mol. The number of aryl methyl sites for hydroxylation is 1. The molecule has 0 aliphatic heterocycles. The van der Waals surface area contributed by atoms with Gasteiger partial charge >= 0.3 is 5.69 Å². The first-order valence-corrected chi connectivity index (χ1v) is 8.80. The second kappa shape index (κ2) is 8.13. The second-order valence-electron chi connectivity index (χ2n) is 6.24. The van der Waals surface area contributed by atoms with Gasteiger partial charge < -0.3 is 15.2 Å². The predicted octanol–water partition coefficient (Wildman–Crippen LogP) is 0.544. The fraction of sp³-hybridized carbons (Fsp3) is 0.316. The second-order valence-corrected chi connectivity index (χ2v) is 6.24. The van der Waals surface area contributed by atoms with Crippen LogP contribution in [0.2, 0.25) is 0 Å². The van der Waals surface area contributed by atoms with Gasteiger partial charge in [0.2, 0.25) is 5.95 Å². The Kier molecular flexibility index (Phi) is 5.65. The van der Waals surface area contributed by atoms with Crippen LogP contribution in [0, 0.1) is 0 Å². The van der Waals surface area contributed by atoms with E-state index in [4.69, 9.17) is 4.74 Å². The molecule has 3 rings (SSSR count). The topological polar surface area (TPSA) is 103 Å². The number of anilines is 1. The van der Waals surface area contributed by atoms with Gasteiger partial charge in [0, 0.05) is 20.1 Å². The number of ether oxygens (including phenoxy) is 1. The summed E-state index contributed by atoms with van der Waals surface area (Å²) in [4.78, 5) is 30.0. The molecule has 2 N–H and O–H groups in total. The van der Waals surface area contributed by atoms with Crippen LogP contribution in [-0.4, -0.2) is 44.1 Å². The molecule has 0 amide bonds. The number of rotatable bonds is 8. The highest BCUT2D eigenvalue weighted by atomic mass is 16.5. The summed E-state index contributed by atoms with van der Waals surface area (Å²) in [7, 11) is 3.16. The maximum atomic E-state index is 13.1. The number of fused-ring (bicyclic) bond motifs is 1. The Morgan fingerprint density at radius 3 is 2.79 bits per heavy atom. The van der Waals surface area contributed by atoms with Gasteiger partial charge in [-0.1, -0.05) is 18.2 Å². The number of hydrogen-bond acceptors (Lipinski definition) is 6. The molecule has 0 spiro atoms. The third-order valence-electron chi connectivity index (χ3n) is 4.41. The minimum absolute atomic E-state index is 0.0952. The van der Waals surface area contributed by atoms with Crippen LogP contribution in [0.5, 0.6) is 5.75 Å². The zero-order valence-electron chi connectivity index (χ0n) is 15.9. The first kappa shape index (κ1) is 19.4. The number of imidazole rings is 1. The van der Waals surface area contributed by atoms with Crippen LogP contribution < -0.4 is 21.3 Å². The zero-order chi connectivity index (χ0) is 20.3. The summed E-state index contributed by atoms with van der Waals surface area (Å²) in [5.74, 6) is 1.10. The van der Waals surface area contributed by atoms with Crippen LogP contribution in [0.4, 0.5) is 5.95 Å². The number of aliphatic hydroxyl groups is 1. The van der Waals surface area contributed by atoms with Crippen LogP contribution in [0.1, 0.15) is 5.56 Å². The Morgan fingerprint density at radius 1 is 1.32 bits per heavy atom. The molecule has 0 saturated heterocycles. The standard InChI is InChI=1S/C19H23N5O4/c1-4-9-23-17(26)15-16(22(2)19(23)27)21-18(20-8-10-25)24(15)12-13-6-5-7-14(11-13)28-3/h4-7,11,25H,1,8-10,12H2,2-3H3,(H,20,21). The van der Waals surface area contributed by atoms with E-state index in [-0.39, 0.29) is 25.3 Å². The van der Waals surface area contributed by atoms with Crippen molar-refractivity contribution in [3.8, 4) is 5.75 Å². The molecule has 9 nitrogen and oxygen atoms in total. The van der Waals surface area contributed by atoms with Crippen molar-refractivity contribution in [2.75, 3.05) is 25.6 Å². The number of allylic oxidation sites excluding steroid dienone is 1. The lowest BCUT2D eigenvalue weighted by Gasteiger charge is -2.12. The van der Waals surface area contributed by atoms with Crippen LogP contribution in [0.3, 0.4) is 0 Å². The lowest BCUT2D eigenvalue weighted by molar-refractivity contribution is 0.310. The van der Waals surface area contributed by atoms with Crippen molar-refractivity contribution >= 4 is 17.1 Å². The Labute approximate surface area is 161 Å². The predicted molar refractivity (Wildman–Crippen MR) is 107 cm³/mol. The first-order chi connectivity index (χ1) is 13.5. The third-order valence-corrected chi connectivity index (χ3v) is 4.41. The van der Waals surface area contributed by atoms with Gasteiger partial charge in [0.25, 0.3) is 5.56 Å². The normalized spacial score (nSPS) is 11.0. The van der Waals surface area contributed by atoms with Crippen LogP contribution in [-0.2, 0) is 20.1 Å². The molecule has 148 valence electrons. The minimum atomic E-state index is -0.461. The van der Waals surface area contributed by atoms with Crippen LogP contribution in [0.25, 0.3) is 11.2 Å². The highest BCUT2D eigenvalue weighted by Gasteiger charge is 2.20. The van der Waals surface area contributed by atoms with Crippen LogP contribution in [0.15, 0.2) is 46.5 Å². The summed E-state index contributed by atoms with van der Waals surface area (Å²) in [5.41, 5.74) is 0.572. The van der Waals surface area contributed by atoms with Gasteiger partial charge in [-0.05, 0) is 17.7 Å². The molecule has 0 unspecified atom stereocenters. The van der Waals surface area contributed by atoms with E-state index in [2.05, 4.69) is 16.9 Å². The molecule has 0 aliphatic carbocycles. The average Bonchev–Trinajstić information content (AvgIpc) is 3.06. The van der Waals surface area contributed by atoms with E-state index in [9.17, 15) is 14.7 Å². The van der Waals surface area contributed by atoms with E-state index in [1.54, 1.807) is 18.7 Å². The number of aliphatic hydroxyl groups excluding tert-OH is 1. The van der Waals surface area contributed by atoms with E-state index in [0.29, 0.717) is 23.8 Å². The third kappa shape index (κ3) is 3.44. The lowest BCUT2D eigenvalue weighted by atomic mass is 10.2. The Hall–Kier alpha value is -3.33. The molecular formula is C19H23N5O4. The molecule has 2 heterocycles. The number of methoxy groups -OCH3 is 1. The molecule has 0 fully saturated rings. The van der Waals surface area contributed by atoms with E-state index in [0.717, 1.165) is 10.1 Å². The fourth-order valence-electron chi connectivity index (χ4n) is 3.07. The highest BCUT2D eigenvalue weighted by molar-refractivity contribution is 5.74. The van der Waals surface area contributed by atoms with Gasteiger partial charge in [-0.15, -0.1) is 6.58 Å². The summed E-state index contributed by atoms with van der Waals surface area (Å²) in [5, 5.41) is 12.2. The van der Waals surface area contributed by atoms with Gasteiger partial charge in [-0.25, -0.2) is 4.79 Å². The van der Waals surface area contributed by atoms with Crippen molar-refractivity contribution in [1.82, 2.24) is 18.7 Å². The molecule has 3 aromatic rings. The molecule has 0 atom stereocenters. The van der Waals surface area contributed by atoms with E-state index in [1.807, 2.05) is 24.3 Å². The molecule has 28 heavy (non-hydrogen) atoms. The summed E-state index contributed by atoms with van der Waals surface area (Å²) in [6.07, 6.45) is 1.50. The maximum absolute atomic E-state index is 13.1. The molecule has 1 aromatic carbocycles. The van der Waals surface area contributed by atoms with Gasteiger partial charge in [0.05, 0.1) is 20.3 Å². The summed E-state index contributed by atoms with van der Waals surface area (Å²) < 4.78 is 9.44. The molecule has 0 bridgehead atoms. The number of benzene rings is 1. The van der Waals surface area contributed by atoms with Gasteiger partial charge in [0.15, 0.2) is 11.2 Å². The minimum Gasteiger partial charge on any atom is -0.497 e. The van der Waals surface area contributed by atoms with Crippen molar-refractivity contribution in [1.29, 1.82) is 0 Å². The number of nitrogens with one attached hydrogen (secondary N) is 1. The molecule has 0 radical (unpaired) electrons. The smallest absolute Gasteiger partial charge is 0.332 e. The molecule has 0 saturated carbocycles. The SMILES string of the molecule is C=CCn1c(=O)c2c(nc(NCCO)n2Cc2cccc(OC)c2)n(C)c1=O.